The van der Waals surface area contributed by atoms with Gasteiger partial charge in [-0.05, 0) is 31.0 Å². The van der Waals surface area contributed by atoms with E-state index < -0.39 is 0 Å². The summed E-state index contributed by atoms with van der Waals surface area (Å²) in [5, 5.41) is 15.1. The van der Waals surface area contributed by atoms with E-state index in [0.29, 0.717) is 11.1 Å². The molecule has 1 aliphatic carbocycles. The summed E-state index contributed by atoms with van der Waals surface area (Å²) in [4.78, 5) is 23.9. The van der Waals surface area contributed by atoms with E-state index in [0.717, 1.165) is 19.3 Å². The highest BCUT2D eigenvalue weighted by Gasteiger charge is 2.39. The number of hydrogen-bond donors (Lipinski definition) is 3. The Morgan fingerprint density at radius 3 is 2.62 bits per heavy atom. The fraction of sp³-hybridized carbons (Fsp3) is 0.500. The number of rotatable bonds is 4. The third kappa shape index (κ3) is 3.24. The third-order valence-corrected chi connectivity index (χ3v) is 4.36. The van der Waals surface area contributed by atoms with E-state index in [9.17, 15) is 14.7 Å². The van der Waals surface area contributed by atoms with Gasteiger partial charge in [0.25, 0.3) is 11.8 Å². The summed E-state index contributed by atoms with van der Waals surface area (Å²) in [6, 6.07) is 6.60. The van der Waals surface area contributed by atoms with Crippen molar-refractivity contribution in [1.82, 2.24) is 10.6 Å². The first kappa shape index (κ1) is 15.5. The summed E-state index contributed by atoms with van der Waals surface area (Å²) in [6.45, 7) is 2.06. The van der Waals surface area contributed by atoms with Crippen LogP contribution in [0, 0.1) is 5.41 Å². The van der Waals surface area contributed by atoms with Crippen molar-refractivity contribution >= 4 is 11.8 Å². The topological polar surface area (TPSA) is 78.4 Å². The second-order valence-corrected chi connectivity index (χ2v) is 5.89. The molecule has 1 aromatic rings. The number of carbonyl (C=O) groups is 2. The van der Waals surface area contributed by atoms with E-state index in [4.69, 9.17) is 0 Å². The number of amides is 2. The molecule has 0 heterocycles. The zero-order valence-corrected chi connectivity index (χ0v) is 12.5. The number of aliphatic hydroxyl groups is 1. The molecule has 1 aliphatic rings. The normalized spacial score (nSPS) is 24.6. The van der Waals surface area contributed by atoms with Crippen LogP contribution in [-0.4, -0.2) is 36.6 Å². The van der Waals surface area contributed by atoms with Crippen LogP contribution in [0.4, 0.5) is 0 Å². The highest BCUT2D eigenvalue weighted by molar-refractivity contribution is 5.99. The predicted octanol–water partition coefficient (Wildman–Crippen LogP) is 1.33. The van der Waals surface area contributed by atoms with Crippen LogP contribution < -0.4 is 10.6 Å². The maximum atomic E-state index is 12.3. The van der Waals surface area contributed by atoms with E-state index in [-0.39, 0.29) is 29.9 Å². The maximum absolute atomic E-state index is 12.3. The lowest BCUT2D eigenvalue weighted by molar-refractivity contribution is 0.0830. The molecule has 2 atom stereocenters. The Bertz CT molecular complexity index is 544. The Kier molecular flexibility index (Phi) is 4.63. The molecule has 1 saturated carbocycles. The fourth-order valence-corrected chi connectivity index (χ4v) is 2.86. The average molecular weight is 290 g/mol. The second-order valence-electron chi connectivity index (χ2n) is 5.89. The van der Waals surface area contributed by atoms with Gasteiger partial charge in [0.15, 0.2) is 0 Å². The zero-order chi connectivity index (χ0) is 15.5. The number of aliphatic hydroxyl groups excluding tert-OH is 1. The largest absolute Gasteiger partial charge is 0.396 e. The van der Waals surface area contributed by atoms with Crippen molar-refractivity contribution in [3.05, 3.63) is 35.4 Å². The van der Waals surface area contributed by atoms with Crippen LogP contribution >= 0.6 is 0 Å². The summed E-state index contributed by atoms with van der Waals surface area (Å²) in [7, 11) is 1.56. The molecule has 2 amide bonds. The summed E-state index contributed by atoms with van der Waals surface area (Å²) < 4.78 is 0. The quantitative estimate of drug-likeness (QED) is 0.782. The molecule has 0 saturated heterocycles. The number of benzene rings is 1. The molecule has 0 aliphatic heterocycles. The van der Waals surface area contributed by atoms with Gasteiger partial charge in [0.1, 0.15) is 0 Å². The molecule has 2 unspecified atom stereocenters. The van der Waals surface area contributed by atoms with Crippen LogP contribution in [0.3, 0.4) is 0 Å². The van der Waals surface area contributed by atoms with E-state index in [1.54, 1.807) is 31.3 Å². The van der Waals surface area contributed by atoms with Crippen molar-refractivity contribution in [3.8, 4) is 0 Å². The van der Waals surface area contributed by atoms with Gasteiger partial charge in [-0.25, -0.2) is 0 Å². The number of hydrogen-bond acceptors (Lipinski definition) is 3. The van der Waals surface area contributed by atoms with Gasteiger partial charge in [0.05, 0.1) is 6.61 Å². The minimum absolute atomic E-state index is 0.0290. The van der Waals surface area contributed by atoms with E-state index >= 15 is 0 Å². The van der Waals surface area contributed by atoms with Crippen LogP contribution in [-0.2, 0) is 0 Å². The van der Waals surface area contributed by atoms with Crippen LogP contribution in [0.2, 0.25) is 0 Å². The van der Waals surface area contributed by atoms with Crippen molar-refractivity contribution < 1.29 is 14.7 Å². The van der Waals surface area contributed by atoms with Crippen LogP contribution in [0.1, 0.15) is 46.9 Å². The van der Waals surface area contributed by atoms with Crippen molar-refractivity contribution in [2.75, 3.05) is 13.7 Å². The lowest BCUT2D eigenvalue weighted by Gasteiger charge is -2.30. The summed E-state index contributed by atoms with van der Waals surface area (Å²) in [6.07, 6.45) is 2.78. The average Bonchev–Trinajstić information content (AvgIpc) is 2.88. The van der Waals surface area contributed by atoms with Crippen molar-refractivity contribution in [2.45, 2.75) is 32.2 Å². The Morgan fingerprint density at radius 1 is 1.33 bits per heavy atom. The monoisotopic (exact) mass is 290 g/mol. The van der Waals surface area contributed by atoms with Gasteiger partial charge in [0, 0.05) is 29.6 Å². The molecular formula is C16H22N2O3. The molecule has 5 nitrogen and oxygen atoms in total. The second kappa shape index (κ2) is 6.26. The smallest absolute Gasteiger partial charge is 0.251 e. The molecule has 0 bridgehead atoms. The molecule has 114 valence electrons. The lowest BCUT2D eigenvalue weighted by Crippen LogP contribution is -2.44. The zero-order valence-electron chi connectivity index (χ0n) is 12.5. The molecule has 0 aromatic heterocycles. The Morgan fingerprint density at radius 2 is 2.00 bits per heavy atom. The molecule has 1 fully saturated rings. The van der Waals surface area contributed by atoms with E-state index in [1.807, 2.05) is 6.92 Å². The molecule has 0 radical (unpaired) electrons. The first-order valence-electron chi connectivity index (χ1n) is 7.24. The van der Waals surface area contributed by atoms with E-state index in [1.165, 1.54) is 0 Å². The van der Waals surface area contributed by atoms with Crippen LogP contribution in [0.15, 0.2) is 24.3 Å². The van der Waals surface area contributed by atoms with Crippen LogP contribution in [0.5, 0.6) is 0 Å². The molecule has 0 spiro atoms. The third-order valence-electron chi connectivity index (χ3n) is 4.36. The minimum Gasteiger partial charge on any atom is -0.396 e. The van der Waals surface area contributed by atoms with Gasteiger partial charge < -0.3 is 15.7 Å². The van der Waals surface area contributed by atoms with Gasteiger partial charge in [-0.15, -0.1) is 0 Å². The molecule has 3 N–H and O–H groups in total. The highest BCUT2D eigenvalue weighted by Crippen LogP contribution is 2.37. The Balaban J connectivity index is 2.12. The highest BCUT2D eigenvalue weighted by atomic mass is 16.3. The minimum atomic E-state index is -0.256. The predicted molar refractivity (Wildman–Crippen MR) is 80.1 cm³/mol. The van der Waals surface area contributed by atoms with E-state index in [2.05, 4.69) is 10.6 Å². The number of carbonyl (C=O) groups excluding carboxylic acids is 2. The summed E-state index contributed by atoms with van der Waals surface area (Å²) in [5.41, 5.74) is 0.665. The molecule has 1 aromatic carbocycles. The molecule has 21 heavy (non-hydrogen) atoms. The first-order chi connectivity index (χ1) is 10.00. The van der Waals surface area contributed by atoms with Crippen molar-refractivity contribution in [1.29, 1.82) is 0 Å². The van der Waals surface area contributed by atoms with Gasteiger partial charge >= 0.3 is 0 Å². The molecule has 2 rings (SSSR count). The standard InChI is InChI=1S/C16H22N2O3/c1-16(10-19)8-4-7-13(16)18-15(21)12-6-3-5-11(9-12)14(20)17-2/h3,5-6,9,13,19H,4,7-8,10H2,1-2H3,(H,17,20)(H,18,21). The first-order valence-corrected chi connectivity index (χ1v) is 7.24. The van der Waals surface area contributed by atoms with Gasteiger partial charge in [-0.1, -0.05) is 19.4 Å². The SMILES string of the molecule is CNC(=O)c1cccc(C(=O)NC2CCCC2(C)CO)c1. The summed E-state index contributed by atoms with van der Waals surface area (Å²) in [5.74, 6) is -0.418. The van der Waals surface area contributed by atoms with Crippen LogP contribution in [0.25, 0.3) is 0 Å². The lowest BCUT2D eigenvalue weighted by atomic mass is 9.85. The van der Waals surface area contributed by atoms with Gasteiger partial charge in [-0.3, -0.25) is 9.59 Å². The summed E-state index contributed by atoms with van der Waals surface area (Å²) >= 11 is 0. The van der Waals surface area contributed by atoms with Crippen molar-refractivity contribution in [2.24, 2.45) is 5.41 Å². The van der Waals surface area contributed by atoms with Gasteiger partial charge in [0.2, 0.25) is 0 Å². The molecule has 5 heteroatoms. The van der Waals surface area contributed by atoms with Crippen molar-refractivity contribution in [3.63, 3.8) is 0 Å². The number of nitrogens with one attached hydrogen (secondary N) is 2. The fourth-order valence-electron chi connectivity index (χ4n) is 2.86. The maximum Gasteiger partial charge on any atom is 0.251 e. The molecular weight excluding hydrogens is 268 g/mol. The van der Waals surface area contributed by atoms with Gasteiger partial charge in [-0.2, -0.15) is 0 Å². The Labute approximate surface area is 124 Å². The Hall–Kier alpha value is -1.88.